The Balaban J connectivity index is 1.35. The van der Waals surface area contributed by atoms with Gasteiger partial charge in [0.15, 0.2) is 0 Å². The Morgan fingerprint density at radius 1 is 1.19 bits per heavy atom. The number of ether oxygens (including phenoxy) is 2. The van der Waals surface area contributed by atoms with Crippen molar-refractivity contribution in [1.82, 2.24) is 20.2 Å². The molecule has 0 unspecified atom stereocenters. The van der Waals surface area contributed by atoms with Crippen LogP contribution >= 0.6 is 0 Å². The number of nitrogens with zero attached hydrogens (tertiary/aromatic N) is 2. The van der Waals surface area contributed by atoms with Crippen molar-refractivity contribution in [2.45, 2.75) is 6.18 Å². The van der Waals surface area contributed by atoms with Gasteiger partial charge in [-0.25, -0.2) is 9.78 Å². The van der Waals surface area contributed by atoms with Gasteiger partial charge in [-0.3, -0.25) is 4.90 Å². The summed E-state index contributed by atoms with van der Waals surface area (Å²) in [6.07, 6.45) is -2.30. The predicted molar refractivity (Wildman–Crippen MR) is 112 cm³/mol. The fourth-order valence-electron chi connectivity index (χ4n) is 3.40. The van der Waals surface area contributed by atoms with E-state index in [4.69, 9.17) is 9.47 Å². The molecule has 4 rings (SSSR count). The summed E-state index contributed by atoms with van der Waals surface area (Å²) in [4.78, 5) is 20.7. The molecule has 2 aromatic heterocycles. The van der Waals surface area contributed by atoms with Crippen LogP contribution < -0.4 is 15.4 Å². The van der Waals surface area contributed by atoms with Crippen LogP contribution in [-0.4, -0.2) is 60.3 Å². The summed E-state index contributed by atoms with van der Waals surface area (Å²) in [5.41, 5.74) is -0.233. The zero-order chi connectivity index (χ0) is 22.6. The minimum absolute atomic E-state index is 0.0325. The lowest BCUT2D eigenvalue weighted by Crippen LogP contribution is -2.42. The lowest BCUT2D eigenvalue weighted by molar-refractivity contribution is -0.136. The third kappa shape index (κ3) is 5.29. The smallest absolute Gasteiger partial charge is 0.418 e. The van der Waals surface area contributed by atoms with E-state index in [1.54, 1.807) is 24.3 Å². The van der Waals surface area contributed by atoms with Crippen LogP contribution in [0.4, 0.5) is 23.7 Å². The monoisotopic (exact) mass is 449 g/mol. The molecule has 11 heteroatoms. The number of carbonyl (C=O) groups excluding carboxylic acids is 1. The third-order valence-corrected chi connectivity index (χ3v) is 5.00. The molecule has 0 bridgehead atoms. The highest BCUT2D eigenvalue weighted by Crippen LogP contribution is 2.39. The van der Waals surface area contributed by atoms with Crippen LogP contribution in [0, 0.1) is 0 Å². The number of amides is 2. The molecule has 0 saturated carbocycles. The Labute approximate surface area is 181 Å². The van der Waals surface area contributed by atoms with E-state index in [0.29, 0.717) is 31.2 Å². The molecule has 170 valence electrons. The number of morpholine rings is 1. The van der Waals surface area contributed by atoms with Gasteiger partial charge >= 0.3 is 12.2 Å². The highest BCUT2D eigenvalue weighted by molar-refractivity contribution is 5.89. The van der Waals surface area contributed by atoms with Crippen molar-refractivity contribution < 1.29 is 27.4 Å². The largest absolute Gasteiger partial charge is 0.457 e. The quantitative estimate of drug-likeness (QED) is 0.532. The molecule has 2 amide bonds. The lowest BCUT2D eigenvalue weighted by atomic mass is 10.2. The Morgan fingerprint density at radius 2 is 1.94 bits per heavy atom. The van der Waals surface area contributed by atoms with E-state index in [1.807, 2.05) is 0 Å². The maximum atomic E-state index is 13.3. The van der Waals surface area contributed by atoms with E-state index in [-0.39, 0.29) is 22.8 Å². The molecule has 1 saturated heterocycles. The summed E-state index contributed by atoms with van der Waals surface area (Å²) in [5.74, 6) is 0.357. The number of aromatic nitrogens is 2. The summed E-state index contributed by atoms with van der Waals surface area (Å²) in [6, 6.07) is 7.38. The van der Waals surface area contributed by atoms with Crippen molar-refractivity contribution in [3.05, 3.63) is 48.3 Å². The molecule has 1 aliphatic heterocycles. The molecule has 1 fully saturated rings. The molecular weight excluding hydrogens is 427 g/mol. The van der Waals surface area contributed by atoms with Crippen LogP contribution in [0.3, 0.4) is 0 Å². The Kier molecular flexibility index (Phi) is 6.47. The van der Waals surface area contributed by atoms with Gasteiger partial charge in [-0.15, -0.1) is 0 Å². The summed E-state index contributed by atoms with van der Waals surface area (Å²) in [6.45, 7) is 4.34. The molecule has 0 spiro atoms. The predicted octanol–water partition coefficient (Wildman–Crippen LogP) is 3.83. The molecule has 3 heterocycles. The van der Waals surface area contributed by atoms with Crippen molar-refractivity contribution in [2.24, 2.45) is 0 Å². The summed E-state index contributed by atoms with van der Waals surface area (Å²) in [5, 5.41) is 5.37. The fraction of sp³-hybridized carbons (Fsp3) is 0.333. The molecule has 1 aliphatic rings. The van der Waals surface area contributed by atoms with E-state index in [2.05, 4.69) is 25.5 Å². The molecule has 0 radical (unpaired) electrons. The summed E-state index contributed by atoms with van der Waals surface area (Å²) in [7, 11) is 0. The number of hydrogen-bond acceptors (Lipinski definition) is 5. The first-order valence-electron chi connectivity index (χ1n) is 10.1. The van der Waals surface area contributed by atoms with Gasteiger partial charge in [0.1, 0.15) is 17.1 Å². The van der Waals surface area contributed by atoms with Gasteiger partial charge in [-0.1, -0.05) is 0 Å². The Bertz CT molecular complexity index is 1060. The number of nitrogens with one attached hydrogen (secondary N) is 3. The lowest BCUT2D eigenvalue weighted by Gasteiger charge is -2.26. The zero-order valence-electron chi connectivity index (χ0n) is 17.0. The summed E-state index contributed by atoms with van der Waals surface area (Å²) >= 11 is 0. The van der Waals surface area contributed by atoms with Crippen LogP contribution in [0.2, 0.25) is 0 Å². The van der Waals surface area contributed by atoms with Gasteiger partial charge in [0.2, 0.25) is 0 Å². The van der Waals surface area contributed by atoms with E-state index in [1.165, 1.54) is 12.3 Å². The number of H-pyrrole nitrogens is 1. The zero-order valence-corrected chi connectivity index (χ0v) is 17.0. The van der Waals surface area contributed by atoms with Crippen molar-refractivity contribution in [1.29, 1.82) is 0 Å². The number of benzene rings is 1. The molecule has 0 aliphatic carbocycles. The molecule has 3 N–H and O–H groups in total. The maximum Gasteiger partial charge on any atom is 0.418 e. The highest BCUT2D eigenvalue weighted by Gasteiger charge is 2.35. The fourth-order valence-corrected chi connectivity index (χ4v) is 3.40. The van der Waals surface area contributed by atoms with Gasteiger partial charge in [0, 0.05) is 44.3 Å². The number of fused-ring (bicyclic) bond motifs is 1. The van der Waals surface area contributed by atoms with E-state index in [9.17, 15) is 18.0 Å². The average Bonchev–Trinajstić information content (AvgIpc) is 3.22. The number of aromatic amines is 1. The molecular formula is C21H22F3N5O3. The minimum atomic E-state index is -4.54. The van der Waals surface area contributed by atoms with Crippen molar-refractivity contribution >= 4 is 22.8 Å². The second-order valence-electron chi connectivity index (χ2n) is 7.19. The highest BCUT2D eigenvalue weighted by atomic mass is 19.4. The second kappa shape index (κ2) is 9.45. The Hall–Kier alpha value is -3.31. The van der Waals surface area contributed by atoms with Crippen molar-refractivity contribution in [3.63, 3.8) is 0 Å². The maximum absolute atomic E-state index is 13.3. The SMILES string of the molecule is O=C(NCCN1CCOCC1)Nc1ccc(Oc2ccnc3[nH]cc(C(F)(F)F)c23)cc1. The van der Waals surface area contributed by atoms with Crippen LogP contribution in [0.5, 0.6) is 11.5 Å². The Morgan fingerprint density at radius 3 is 2.66 bits per heavy atom. The molecule has 0 atom stereocenters. The average molecular weight is 449 g/mol. The van der Waals surface area contributed by atoms with Crippen molar-refractivity contribution in [2.75, 3.05) is 44.7 Å². The standard InChI is InChI=1S/C21H22F3N5O3/c22-21(23,24)16-13-27-19-18(16)17(5-6-25-19)32-15-3-1-14(2-4-15)28-20(30)26-7-8-29-9-11-31-12-10-29/h1-6,13H,7-12H2,(H,25,27)(H2,26,28,30). The number of pyridine rings is 1. The van der Waals surface area contributed by atoms with Gasteiger partial charge < -0.3 is 25.1 Å². The van der Waals surface area contributed by atoms with Gasteiger partial charge in [0.25, 0.3) is 0 Å². The van der Waals surface area contributed by atoms with Crippen LogP contribution in [0.1, 0.15) is 5.56 Å². The normalized spacial score (nSPS) is 15.0. The number of rotatable bonds is 6. The number of anilines is 1. The molecule has 32 heavy (non-hydrogen) atoms. The van der Waals surface area contributed by atoms with Gasteiger partial charge in [-0.2, -0.15) is 13.2 Å². The first kappa shape index (κ1) is 21.9. The molecule has 8 nitrogen and oxygen atoms in total. The van der Waals surface area contributed by atoms with Crippen LogP contribution in [0.25, 0.3) is 11.0 Å². The van der Waals surface area contributed by atoms with Crippen LogP contribution in [0.15, 0.2) is 42.7 Å². The first-order valence-corrected chi connectivity index (χ1v) is 10.1. The van der Waals surface area contributed by atoms with Crippen molar-refractivity contribution in [3.8, 4) is 11.5 Å². The topological polar surface area (TPSA) is 91.5 Å². The van der Waals surface area contributed by atoms with E-state index >= 15 is 0 Å². The van der Waals surface area contributed by atoms with Gasteiger partial charge in [0.05, 0.1) is 24.2 Å². The number of urea groups is 1. The second-order valence-corrected chi connectivity index (χ2v) is 7.19. The number of halogens is 3. The minimum Gasteiger partial charge on any atom is -0.457 e. The third-order valence-electron chi connectivity index (χ3n) is 5.00. The number of carbonyl (C=O) groups is 1. The number of hydrogen-bond donors (Lipinski definition) is 3. The van der Waals surface area contributed by atoms with E-state index in [0.717, 1.165) is 25.8 Å². The molecule has 3 aromatic rings. The van der Waals surface area contributed by atoms with E-state index < -0.39 is 11.7 Å². The molecule has 1 aromatic carbocycles. The van der Waals surface area contributed by atoms with Gasteiger partial charge in [-0.05, 0) is 30.3 Å². The summed E-state index contributed by atoms with van der Waals surface area (Å²) < 4.78 is 50.8. The van der Waals surface area contributed by atoms with Crippen LogP contribution in [-0.2, 0) is 10.9 Å². The first-order chi connectivity index (χ1) is 15.4. The number of alkyl halides is 3.